The molecule has 0 radical (unpaired) electrons. The Balaban J connectivity index is 2.78. The Bertz CT molecular complexity index is 404. The summed E-state index contributed by atoms with van der Waals surface area (Å²) in [5.74, 6) is -0.966. The minimum atomic E-state index is -0.538. The number of nitrogens with one attached hydrogen (secondary N) is 1. The fraction of sp³-hybridized carbons (Fsp3) is 0.182. The highest BCUT2D eigenvalue weighted by molar-refractivity contribution is 9.10. The van der Waals surface area contributed by atoms with Gasteiger partial charge in [0.2, 0.25) is 0 Å². The number of carbonyl (C=O) groups is 1. The van der Waals surface area contributed by atoms with Gasteiger partial charge in [-0.1, -0.05) is 28.1 Å². The van der Waals surface area contributed by atoms with E-state index >= 15 is 0 Å². The number of benzene rings is 1. The highest BCUT2D eigenvalue weighted by Gasteiger charge is 2.10. The van der Waals surface area contributed by atoms with Crippen LogP contribution in [0.3, 0.4) is 0 Å². The molecule has 2 nitrogen and oxygen atoms in total. The first-order chi connectivity index (χ1) is 7.00. The lowest BCUT2D eigenvalue weighted by atomic mass is 10.2. The Labute approximate surface area is 96.3 Å². The van der Waals surface area contributed by atoms with E-state index in [0.29, 0.717) is 11.0 Å². The summed E-state index contributed by atoms with van der Waals surface area (Å²) in [6, 6.07) is 4.32. The van der Waals surface area contributed by atoms with Crippen LogP contribution in [-0.2, 0) is 0 Å². The summed E-state index contributed by atoms with van der Waals surface area (Å²) >= 11 is 3.12. The summed E-state index contributed by atoms with van der Waals surface area (Å²) in [5, 5.41) is 2.56. The normalized spacial score (nSPS) is 9.80. The van der Waals surface area contributed by atoms with Crippen LogP contribution in [0.2, 0.25) is 0 Å². The minimum Gasteiger partial charge on any atom is -0.348 e. The zero-order valence-corrected chi connectivity index (χ0v) is 9.90. The molecule has 1 aromatic carbocycles. The Morgan fingerprint density at radius 2 is 2.27 bits per heavy atom. The third-order valence-corrected chi connectivity index (χ3v) is 2.22. The molecule has 0 spiro atoms. The molecule has 0 heterocycles. The largest absolute Gasteiger partial charge is 0.348 e. The Morgan fingerprint density at radius 1 is 1.60 bits per heavy atom. The van der Waals surface area contributed by atoms with Gasteiger partial charge in [-0.3, -0.25) is 4.79 Å². The molecule has 15 heavy (non-hydrogen) atoms. The minimum absolute atomic E-state index is 0.0412. The van der Waals surface area contributed by atoms with E-state index in [1.807, 2.05) is 0 Å². The van der Waals surface area contributed by atoms with Gasteiger partial charge in [0.25, 0.3) is 5.91 Å². The second kappa shape index (κ2) is 5.07. The number of hydrogen-bond acceptors (Lipinski definition) is 1. The van der Waals surface area contributed by atoms with Crippen LogP contribution in [0, 0.1) is 5.82 Å². The lowest BCUT2D eigenvalue weighted by Crippen LogP contribution is -2.25. The van der Waals surface area contributed by atoms with Crippen molar-refractivity contribution in [3.8, 4) is 0 Å². The highest BCUT2D eigenvalue weighted by Crippen LogP contribution is 2.15. The fourth-order valence-electron chi connectivity index (χ4n) is 1.00. The van der Waals surface area contributed by atoms with Crippen molar-refractivity contribution in [1.82, 2.24) is 5.32 Å². The predicted octanol–water partition coefficient (Wildman–Crippen LogP) is 2.89. The van der Waals surface area contributed by atoms with Crippen LogP contribution in [0.5, 0.6) is 0 Å². The molecular formula is C11H11BrFNO. The first-order valence-electron chi connectivity index (χ1n) is 4.38. The molecule has 1 rings (SSSR count). The van der Waals surface area contributed by atoms with E-state index in [-0.39, 0.29) is 5.56 Å². The van der Waals surface area contributed by atoms with Gasteiger partial charge in [-0.05, 0) is 25.1 Å². The number of halogens is 2. The van der Waals surface area contributed by atoms with Gasteiger partial charge in [-0.25, -0.2) is 4.39 Å². The SMILES string of the molecule is C=C(C)CNC(=O)c1ccc(Br)cc1F. The first kappa shape index (κ1) is 11.9. The molecule has 1 N–H and O–H groups in total. The molecule has 0 aliphatic carbocycles. The smallest absolute Gasteiger partial charge is 0.254 e. The quantitative estimate of drug-likeness (QED) is 0.842. The number of carbonyl (C=O) groups excluding carboxylic acids is 1. The Kier molecular flexibility index (Phi) is 4.03. The van der Waals surface area contributed by atoms with Gasteiger partial charge in [0, 0.05) is 11.0 Å². The van der Waals surface area contributed by atoms with Crippen LogP contribution in [-0.4, -0.2) is 12.5 Å². The van der Waals surface area contributed by atoms with Crippen molar-refractivity contribution < 1.29 is 9.18 Å². The third kappa shape index (κ3) is 3.47. The van der Waals surface area contributed by atoms with E-state index in [1.165, 1.54) is 12.1 Å². The maximum atomic E-state index is 13.3. The first-order valence-corrected chi connectivity index (χ1v) is 5.17. The molecule has 1 amide bonds. The van der Waals surface area contributed by atoms with E-state index in [1.54, 1.807) is 13.0 Å². The monoisotopic (exact) mass is 271 g/mol. The lowest BCUT2D eigenvalue weighted by Gasteiger charge is -2.05. The second-order valence-electron chi connectivity index (χ2n) is 3.26. The molecule has 80 valence electrons. The molecule has 0 bridgehead atoms. The number of amides is 1. The van der Waals surface area contributed by atoms with Crippen molar-refractivity contribution >= 4 is 21.8 Å². The third-order valence-electron chi connectivity index (χ3n) is 1.73. The summed E-state index contributed by atoms with van der Waals surface area (Å²) in [5.41, 5.74) is 0.861. The average Bonchev–Trinajstić information content (AvgIpc) is 2.14. The van der Waals surface area contributed by atoms with Crippen molar-refractivity contribution in [2.24, 2.45) is 0 Å². The molecule has 0 aliphatic rings. The van der Waals surface area contributed by atoms with Crippen molar-refractivity contribution in [1.29, 1.82) is 0 Å². The van der Waals surface area contributed by atoms with Gasteiger partial charge in [0.15, 0.2) is 0 Å². The Hall–Kier alpha value is -1.16. The van der Waals surface area contributed by atoms with Crippen LogP contribution in [0.25, 0.3) is 0 Å². The lowest BCUT2D eigenvalue weighted by molar-refractivity contribution is 0.0953. The van der Waals surface area contributed by atoms with Gasteiger partial charge in [0.1, 0.15) is 5.82 Å². The molecule has 0 unspecified atom stereocenters. The molecular weight excluding hydrogens is 261 g/mol. The fourth-order valence-corrected chi connectivity index (χ4v) is 1.33. The average molecular weight is 272 g/mol. The highest BCUT2D eigenvalue weighted by atomic mass is 79.9. The van der Waals surface area contributed by atoms with E-state index in [0.717, 1.165) is 5.57 Å². The number of hydrogen-bond donors (Lipinski definition) is 1. The van der Waals surface area contributed by atoms with Gasteiger partial charge < -0.3 is 5.32 Å². The van der Waals surface area contributed by atoms with E-state index in [9.17, 15) is 9.18 Å². The van der Waals surface area contributed by atoms with E-state index in [4.69, 9.17) is 0 Å². The molecule has 0 saturated heterocycles. The summed E-state index contributed by atoms with van der Waals surface area (Å²) in [7, 11) is 0. The van der Waals surface area contributed by atoms with Gasteiger partial charge in [0.05, 0.1) is 5.56 Å². The molecule has 0 fully saturated rings. The van der Waals surface area contributed by atoms with E-state index in [2.05, 4.69) is 27.8 Å². The number of rotatable bonds is 3. The van der Waals surface area contributed by atoms with Crippen molar-refractivity contribution in [3.05, 3.63) is 46.2 Å². The molecule has 0 aromatic heterocycles. The molecule has 0 aliphatic heterocycles. The maximum absolute atomic E-state index is 13.3. The van der Waals surface area contributed by atoms with Crippen LogP contribution in [0.15, 0.2) is 34.8 Å². The summed E-state index contributed by atoms with van der Waals surface area (Å²) in [4.78, 5) is 11.5. The summed E-state index contributed by atoms with van der Waals surface area (Å²) < 4.78 is 13.9. The molecule has 0 atom stereocenters. The molecule has 0 saturated carbocycles. The van der Waals surface area contributed by atoms with Crippen LogP contribution in [0.1, 0.15) is 17.3 Å². The van der Waals surface area contributed by atoms with Crippen LogP contribution < -0.4 is 5.32 Å². The van der Waals surface area contributed by atoms with Crippen molar-refractivity contribution in [3.63, 3.8) is 0 Å². The van der Waals surface area contributed by atoms with Crippen LogP contribution >= 0.6 is 15.9 Å². The second-order valence-corrected chi connectivity index (χ2v) is 4.18. The molecule has 1 aromatic rings. The van der Waals surface area contributed by atoms with Crippen molar-refractivity contribution in [2.75, 3.05) is 6.54 Å². The summed E-state index contributed by atoms with van der Waals surface area (Å²) in [6.45, 7) is 5.79. The Morgan fingerprint density at radius 3 is 2.80 bits per heavy atom. The van der Waals surface area contributed by atoms with E-state index < -0.39 is 11.7 Å². The zero-order chi connectivity index (χ0) is 11.4. The standard InChI is InChI=1S/C11H11BrFNO/c1-7(2)6-14-11(15)9-4-3-8(12)5-10(9)13/h3-5H,1,6H2,2H3,(H,14,15). The van der Waals surface area contributed by atoms with Gasteiger partial charge in [-0.15, -0.1) is 0 Å². The topological polar surface area (TPSA) is 29.1 Å². The van der Waals surface area contributed by atoms with Crippen LogP contribution in [0.4, 0.5) is 4.39 Å². The predicted molar refractivity (Wildman–Crippen MR) is 61.2 cm³/mol. The van der Waals surface area contributed by atoms with Crippen molar-refractivity contribution in [2.45, 2.75) is 6.92 Å². The van der Waals surface area contributed by atoms with Gasteiger partial charge >= 0.3 is 0 Å². The summed E-state index contributed by atoms with van der Waals surface area (Å²) in [6.07, 6.45) is 0. The van der Waals surface area contributed by atoms with Gasteiger partial charge in [-0.2, -0.15) is 0 Å². The maximum Gasteiger partial charge on any atom is 0.254 e. The molecule has 4 heteroatoms. The zero-order valence-electron chi connectivity index (χ0n) is 8.31.